The van der Waals surface area contributed by atoms with Gasteiger partial charge in [0.2, 0.25) is 5.91 Å². The smallest absolute Gasteiger partial charge is 0.224 e. The van der Waals surface area contributed by atoms with Gasteiger partial charge in [-0.25, -0.2) is 9.67 Å². The summed E-state index contributed by atoms with van der Waals surface area (Å²) >= 11 is 0. The molecule has 2 heterocycles. The summed E-state index contributed by atoms with van der Waals surface area (Å²) in [6.07, 6.45) is 6.15. The van der Waals surface area contributed by atoms with Gasteiger partial charge in [-0.05, 0) is 55.5 Å². The molecule has 0 saturated carbocycles. The Hall–Kier alpha value is -1.63. The minimum Gasteiger partial charge on any atom is -0.326 e. The average Bonchev–Trinajstić information content (AvgIpc) is 3.10. The Morgan fingerprint density at radius 3 is 2.58 bits per heavy atom. The van der Waals surface area contributed by atoms with Crippen LogP contribution < -0.4 is 10.6 Å². The Morgan fingerprint density at radius 2 is 1.96 bits per heavy atom. The van der Waals surface area contributed by atoms with Gasteiger partial charge in [-0.2, -0.15) is 5.10 Å². The van der Waals surface area contributed by atoms with E-state index in [4.69, 9.17) is 0 Å². The molecule has 1 aromatic carbocycles. The van der Waals surface area contributed by atoms with E-state index < -0.39 is 0 Å². The Balaban J connectivity index is 0.00000169. The summed E-state index contributed by atoms with van der Waals surface area (Å²) in [7, 11) is 0. The zero-order valence-electron chi connectivity index (χ0n) is 14.9. The van der Waals surface area contributed by atoms with E-state index in [9.17, 15) is 4.79 Å². The van der Waals surface area contributed by atoms with Gasteiger partial charge in [-0.1, -0.05) is 19.1 Å². The number of rotatable bonds is 6. The number of hydrogen-bond donors (Lipinski definition) is 2. The van der Waals surface area contributed by atoms with Gasteiger partial charge in [0.05, 0.1) is 6.54 Å². The molecule has 0 spiro atoms. The van der Waals surface area contributed by atoms with Crippen LogP contribution in [0.4, 0.5) is 5.69 Å². The summed E-state index contributed by atoms with van der Waals surface area (Å²) in [6.45, 7) is 5.02. The summed E-state index contributed by atoms with van der Waals surface area (Å²) in [4.78, 5) is 16.2. The third kappa shape index (κ3) is 6.59. The number of amides is 1. The molecule has 1 aliphatic rings. The van der Waals surface area contributed by atoms with Gasteiger partial charge < -0.3 is 10.6 Å². The number of nitrogens with one attached hydrogen (secondary N) is 2. The molecule has 0 radical (unpaired) electrons. The molecule has 1 unspecified atom stereocenters. The Labute approximate surface area is 167 Å². The van der Waals surface area contributed by atoms with Crippen LogP contribution in [-0.2, 0) is 11.3 Å². The number of nitrogens with zero attached hydrogens (tertiary/aromatic N) is 3. The van der Waals surface area contributed by atoms with E-state index in [2.05, 4.69) is 27.6 Å². The summed E-state index contributed by atoms with van der Waals surface area (Å²) in [5.41, 5.74) is 1.97. The van der Waals surface area contributed by atoms with E-state index in [1.54, 1.807) is 11.0 Å². The second-order valence-corrected chi connectivity index (χ2v) is 6.61. The van der Waals surface area contributed by atoms with E-state index >= 15 is 0 Å². The molecule has 1 fully saturated rings. The molecule has 1 saturated heterocycles. The van der Waals surface area contributed by atoms with Crippen LogP contribution in [0.3, 0.4) is 0 Å². The van der Waals surface area contributed by atoms with Crippen molar-refractivity contribution in [3.63, 3.8) is 0 Å². The molecule has 1 amide bonds. The molecular weight excluding hydrogens is 373 g/mol. The average molecular weight is 400 g/mol. The molecule has 6 nitrogen and oxygen atoms in total. The predicted molar refractivity (Wildman–Crippen MR) is 108 cm³/mol. The normalized spacial score (nSPS) is 15.4. The second kappa shape index (κ2) is 11.2. The summed E-state index contributed by atoms with van der Waals surface area (Å²) in [5, 5.41) is 10.5. The highest BCUT2D eigenvalue weighted by Gasteiger charge is 2.21. The van der Waals surface area contributed by atoms with E-state index in [1.165, 1.54) is 19.2 Å². The van der Waals surface area contributed by atoms with Crippen LogP contribution in [0.5, 0.6) is 0 Å². The second-order valence-electron chi connectivity index (χ2n) is 6.61. The van der Waals surface area contributed by atoms with Crippen LogP contribution in [0.1, 0.15) is 31.7 Å². The quantitative estimate of drug-likeness (QED) is 0.782. The lowest BCUT2D eigenvalue weighted by Gasteiger charge is -2.27. The highest BCUT2D eigenvalue weighted by molar-refractivity contribution is 5.90. The van der Waals surface area contributed by atoms with Crippen LogP contribution in [-0.4, -0.2) is 33.8 Å². The first-order chi connectivity index (χ1) is 11.7. The third-order valence-corrected chi connectivity index (χ3v) is 4.74. The third-order valence-electron chi connectivity index (χ3n) is 4.74. The number of piperidine rings is 1. The summed E-state index contributed by atoms with van der Waals surface area (Å²) in [6, 6.07) is 7.90. The molecule has 26 heavy (non-hydrogen) atoms. The van der Waals surface area contributed by atoms with Gasteiger partial charge in [0.25, 0.3) is 0 Å². The van der Waals surface area contributed by atoms with Crippen molar-refractivity contribution in [3.05, 3.63) is 42.5 Å². The first kappa shape index (κ1) is 22.4. The minimum absolute atomic E-state index is 0. The van der Waals surface area contributed by atoms with Crippen LogP contribution in [0, 0.1) is 11.8 Å². The van der Waals surface area contributed by atoms with Crippen molar-refractivity contribution in [2.45, 2.75) is 32.7 Å². The van der Waals surface area contributed by atoms with E-state index in [0.29, 0.717) is 24.8 Å². The highest BCUT2D eigenvalue weighted by Crippen LogP contribution is 2.24. The molecule has 1 atom stereocenters. The summed E-state index contributed by atoms with van der Waals surface area (Å²) < 4.78 is 1.77. The van der Waals surface area contributed by atoms with Gasteiger partial charge in [-0.3, -0.25) is 4.79 Å². The largest absolute Gasteiger partial charge is 0.326 e. The van der Waals surface area contributed by atoms with Gasteiger partial charge in [0.1, 0.15) is 12.7 Å². The first-order valence-electron chi connectivity index (χ1n) is 8.62. The fourth-order valence-corrected chi connectivity index (χ4v) is 3.28. The number of anilines is 1. The van der Waals surface area contributed by atoms with E-state index in [-0.39, 0.29) is 30.7 Å². The van der Waals surface area contributed by atoms with Gasteiger partial charge in [0, 0.05) is 12.1 Å². The lowest BCUT2D eigenvalue weighted by Crippen LogP contribution is -2.32. The molecule has 0 aliphatic carbocycles. The van der Waals surface area contributed by atoms with Crippen molar-refractivity contribution < 1.29 is 4.79 Å². The molecule has 8 heteroatoms. The zero-order chi connectivity index (χ0) is 16.8. The lowest BCUT2D eigenvalue weighted by atomic mass is 9.84. The first-order valence-corrected chi connectivity index (χ1v) is 8.62. The zero-order valence-corrected chi connectivity index (χ0v) is 16.6. The van der Waals surface area contributed by atoms with Gasteiger partial charge in [0.15, 0.2) is 0 Å². The maximum absolute atomic E-state index is 12.3. The maximum Gasteiger partial charge on any atom is 0.224 e. The Morgan fingerprint density at radius 1 is 1.27 bits per heavy atom. The van der Waals surface area contributed by atoms with Crippen molar-refractivity contribution in [2.75, 3.05) is 18.4 Å². The number of hydrogen-bond acceptors (Lipinski definition) is 4. The van der Waals surface area contributed by atoms with Crippen molar-refractivity contribution in [2.24, 2.45) is 11.8 Å². The number of halogens is 2. The molecule has 0 bridgehead atoms. The maximum atomic E-state index is 12.3. The van der Waals surface area contributed by atoms with Crippen LogP contribution in [0.2, 0.25) is 0 Å². The van der Waals surface area contributed by atoms with Crippen LogP contribution >= 0.6 is 24.8 Å². The van der Waals surface area contributed by atoms with Crippen molar-refractivity contribution in [1.82, 2.24) is 20.1 Å². The molecule has 2 N–H and O–H groups in total. The molecular formula is C18H27Cl2N5O. The Bertz CT molecular complexity index is 642. The van der Waals surface area contributed by atoms with Gasteiger partial charge >= 0.3 is 0 Å². The minimum atomic E-state index is 0. The van der Waals surface area contributed by atoms with E-state index in [1.807, 2.05) is 24.3 Å². The Kier molecular flexibility index (Phi) is 9.62. The van der Waals surface area contributed by atoms with Crippen LogP contribution in [0.15, 0.2) is 36.9 Å². The lowest BCUT2D eigenvalue weighted by molar-refractivity contribution is -0.117. The van der Waals surface area contributed by atoms with Crippen molar-refractivity contribution in [1.29, 1.82) is 0 Å². The SMILES string of the molecule is CC(CC(=O)Nc1ccc(Cn2cncn2)cc1)C1CCNCC1.Cl.Cl. The molecule has 2 aromatic rings. The monoisotopic (exact) mass is 399 g/mol. The number of carbonyl (C=O) groups is 1. The van der Waals surface area contributed by atoms with E-state index in [0.717, 1.165) is 24.3 Å². The molecule has 144 valence electrons. The molecule has 1 aliphatic heterocycles. The van der Waals surface area contributed by atoms with Gasteiger partial charge in [-0.15, -0.1) is 24.8 Å². The van der Waals surface area contributed by atoms with Crippen molar-refractivity contribution in [3.8, 4) is 0 Å². The number of carbonyl (C=O) groups excluding carboxylic acids is 1. The van der Waals surface area contributed by atoms with Crippen molar-refractivity contribution >= 4 is 36.4 Å². The highest BCUT2D eigenvalue weighted by atomic mass is 35.5. The topological polar surface area (TPSA) is 71.8 Å². The van der Waals surface area contributed by atoms with Crippen LogP contribution in [0.25, 0.3) is 0 Å². The molecule has 3 rings (SSSR count). The summed E-state index contributed by atoms with van der Waals surface area (Å²) in [5.74, 6) is 1.19. The number of benzene rings is 1. The fraction of sp³-hybridized carbons (Fsp3) is 0.500. The number of aromatic nitrogens is 3. The molecule has 1 aromatic heterocycles. The standard InChI is InChI=1S/C18H25N5O.2ClH/c1-14(16-6-8-19-9-7-16)10-18(24)22-17-4-2-15(3-5-17)11-23-13-20-12-21-23;;/h2-5,12-14,16,19H,6-11H2,1H3,(H,22,24);2*1H. The fourth-order valence-electron chi connectivity index (χ4n) is 3.28. The predicted octanol–water partition coefficient (Wildman–Crippen LogP) is 3.13.